The lowest BCUT2D eigenvalue weighted by molar-refractivity contribution is -0.339. The van der Waals surface area contributed by atoms with Crippen LogP contribution in [0, 0.1) is 0 Å². The Kier molecular flexibility index (Phi) is 3.82. The van der Waals surface area contributed by atoms with Crippen molar-refractivity contribution in [3.8, 4) is 0 Å². The lowest BCUT2D eigenvalue weighted by Gasteiger charge is -2.38. The molecule has 0 radical (unpaired) electrons. The fourth-order valence-corrected chi connectivity index (χ4v) is 1.29. The summed E-state index contributed by atoms with van der Waals surface area (Å²) in [6.07, 6.45) is -7.14. The van der Waals surface area contributed by atoms with Crippen molar-refractivity contribution >= 4 is 0 Å². The van der Waals surface area contributed by atoms with E-state index in [-0.39, 0.29) is 6.10 Å². The van der Waals surface area contributed by atoms with Crippen molar-refractivity contribution in [3.63, 3.8) is 0 Å². The molecule has 0 aromatic heterocycles. The molecule has 1 aliphatic heterocycles. The van der Waals surface area contributed by atoms with Crippen LogP contribution in [0.15, 0.2) is 0 Å². The third-order valence-electron chi connectivity index (χ3n) is 1.97. The highest BCUT2D eigenvalue weighted by molar-refractivity contribution is 4.85. The van der Waals surface area contributed by atoms with Crippen molar-refractivity contribution in [1.82, 2.24) is 0 Å². The first-order valence-corrected chi connectivity index (χ1v) is 4.46. The molecule has 1 fully saturated rings. The summed E-state index contributed by atoms with van der Waals surface area (Å²) in [5.74, 6) is 0. The van der Waals surface area contributed by atoms with Gasteiger partial charge in [0.2, 0.25) is 0 Å². The molecule has 0 bridgehead atoms. The average Bonchev–Trinajstić information content (AvgIpc) is 2.09. The van der Waals surface area contributed by atoms with Crippen molar-refractivity contribution in [2.24, 2.45) is 0 Å². The SMILES string of the molecule is CC(C)O[C@@H]1C(O)O[C@H](O)C(O)C1O. The molecule has 1 heterocycles. The first-order chi connectivity index (χ1) is 6.43. The number of hydrogen-bond acceptors (Lipinski definition) is 6. The molecule has 84 valence electrons. The summed E-state index contributed by atoms with van der Waals surface area (Å²) in [5, 5.41) is 37.0. The Morgan fingerprint density at radius 3 is 2.07 bits per heavy atom. The fraction of sp³-hybridized carbons (Fsp3) is 1.00. The summed E-state index contributed by atoms with van der Waals surface area (Å²) in [7, 11) is 0. The quantitative estimate of drug-likeness (QED) is 0.426. The van der Waals surface area contributed by atoms with E-state index < -0.39 is 30.9 Å². The first-order valence-electron chi connectivity index (χ1n) is 4.46. The molecule has 4 N–H and O–H groups in total. The number of hydrogen-bond donors (Lipinski definition) is 4. The van der Waals surface area contributed by atoms with Gasteiger partial charge in [-0.25, -0.2) is 0 Å². The minimum absolute atomic E-state index is 0.227. The predicted octanol–water partition coefficient (Wildman–Crippen LogP) is -1.83. The summed E-state index contributed by atoms with van der Waals surface area (Å²) >= 11 is 0. The Hall–Kier alpha value is -0.240. The Morgan fingerprint density at radius 2 is 1.57 bits per heavy atom. The third kappa shape index (κ3) is 2.41. The molecule has 0 aliphatic carbocycles. The topological polar surface area (TPSA) is 99.4 Å². The van der Waals surface area contributed by atoms with Gasteiger partial charge < -0.3 is 29.9 Å². The minimum atomic E-state index is -1.59. The van der Waals surface area contributed by atoms with Crippen molar-refractivity contribution in [2.45, 2.75) is 50.8 Å². The average molecular weight is 208 g/mol. The van der Waals surface area contributed by atoms with Gasteiger partial charge >= 0.3 is 0 Å². The molecule has 0 aromatic carbocycles. The number of rotatable bonds is 2. The Morgan fingerprint density at radius 1 is 1.00 bits per heavy atom. The van der Waals surface area contributed by atoms with Gasteiger partial charge in [0.25, 0.3) is 0 Å². The van der Waals surface area contributed by atoms with Crippen LogP contribution in [0.25, 0.3) is 0 Å². The monoisotopic (exact) mass is 208 g/mol. The summed E-state index contributed by atoms with van der Waals surface area (Å²) < 4.78 is 9.70. The second-order valence-corrected chi connectivity index (χ2v) is 3.55. The largest absolute Gasteiger partial charge is 0.387 e. The van der Waals surface area contributed by atoms with Crippen molar-refractivity contribution in [1.29, 1.82) is 0 Å². The van der Waals surface area contributed by atoms with Crippen LogP contribution in [0.5, 0.6) is 0 Å². The maximum Gasteiger partial charge on any atom is 0.187 e. The molecule has 0 amide bonds. The molecule has 1 rings (SSSR count). The van der Waals surface area contributed by atoms with E-state index in [1.165, 1.54) is 0 Å². The second-order valence-electron chi connectivity index (χ2n) is 3.55. The van der Waals surface area contributed by atoms with E-state index in [9.17, 15) is 15.3 Å². The zero-order valence-corrected chi connectivity index (χ0v) is 8.07. The van der Waals surface area contributed by atoms with E-state index >= 15 is 0 Å². The van der Waals surface area contributed by atoms with E-state index in [0.29, 0.717) is 0 Å². The summed E-state index contributed by atoms with van der Waals surface area (Å²) in [4.78, 5) is 0. The Labute approximate surface area is 81.7 Å². The maximum absolute atomic E-state index is 9.45. The van der Waals surface area contributed by atoms with E-state index in [2.05, 4.69) is 4.74 Å². The summed E-state index contributed by atoms with van der Waals surface area (Å²) in [5.41, 5.74) is 0. The summed E-state index contributed by atoms with van der Waals surface area (Å²) in [6, 6.07) is 0. The number of aliphatic hydroxyl groups is 4. The van der Waals surface area contributed by atoms with Crippen LogP contribution in [-0.4, -0.2) is 57.4 Å². The van der Waals surface area contributed by atoms with Gasteiger partial charge in [-0.15, -0.1) is 0 Å². The van der Waals surface area contributed by atoms with Crippen molar-refractivity contribution < 1.29 is 29.9 Å². The van der Waals surface area contributed by atoms with Gasteiger partial charge in [-0.2, -0.15) is 0 Å². The Balaban J connectivity index is 2.64. The standard InChI is InChI=1S/C8H16O6/c1-3(2)13-6-4(9)5(10)7(11)14-8(6)12/h3-12H,1-2H3/t4?,5?,6-,7-,8?/m0/s1. The molecule has 1 saturated heterocycles. The Bertz CT molecular complexity index is 185. The maximum atomic E-state index is 9.45. The van der Waals surface area contributed by atoms with Gasteiger partial charge in [0.05, 0.1) is 6.10 Å². The van der Waals surface area contributed by atoms with Crippen LogP contribution in [0.2, 0.25) is 0 Å². The summed E-state index contributed by atoms with van der Waals surface area (Å²) in [6.45, 7) is 3.44. The normalized spacial score (nSPS) is 44.4. The molecule has 3 unspecified atom stereocenters. The van der Waals surface area contributed by atoms with Gasteiger partial charge in [0, 0.05) is 0 Å². The van der Waals surface area contributed by atoms with E-state index in [4.69, 9.17) is 9.84 Å². The highest BCUT2D eigenvalue weighted by Gasteiger charge is 2.44. The van der Waals surface area contributed by atoms with Crippen LogP contribution < -0.4 is 0 Å². The minimum Gasteiger partial charge on any atom is -0.387 e. The fourth-order valence-electron chi connectivity index (χ4n) is 1.29. The molecule has 0 spiro atoms. The molecular weight excluding hydrogens is 192 g/mol. The second kappa shape index (κ2) is 4.52. The molecule has 0 saturated carbocycles. The van der Waals surface area contributed by atoms with Gasteiger partial charge in [-0.3, -0.25) is 0 Å². The molecule has 5 atom stereocenters. The highest BCUT2D eigenvalue weighted by Crippen LogP contribution is 2.21. The van der Waals surface area contributed by atoms with E-state index in [1.54, 1.807) is 13.8 Å². The molecule has 6 heteroatoms. The van der Waals surface area contributed by atoms with Crippen molar-refractivity contribution in [2.75, 3.05) is 0 Å². The lowest BCUT2D eigenvalue weighted by Crippen LogP contribution is -2.58. The van der Waals surface area contributed by atoms with Gasteiger partial charge in [0.1, 0.15) is 18.3 Å². The lowest BCUT2D eigenvalue weighted by atomic mass is 10.0. The van der Waals surface area contributed by atoms with Crippen LogP contribution in [-0.2, 0) is 9.47 Å². The third-order valence-corrected chi connectivity index (χ3v) is 1.97. The van der Waals surface area contributed by atoms with Crippen LogP contribution >= 0.6 is 0 Å². The smallest absolute Gasteiger partial charge is 0.187 e. The molecule has 6 nitrogen and oxygen atoms in total. The van der Waals surface area contributed by atoms with E-state index in [0.717, 1.165) is 0 Å². The van der Waals surface area contributed by atoms with Gasteiger partial charge in [-0.1, -0.05) is 0 Å². The van der Waals surface area contributed by atoms with E-state index in [1.807, 2.05) is 0 Å². The molecule has 14 heavy (non-hydrogen) atoms. The number of aliphatic hydroxyl groups excluding tert-OH is 4. The zero-order chi connectivity index (χ0) is 10.9. The van der Waals surface area contributed by atoms with Crippen LogP contribution in [0.4, 0.5) is 0 Å². The van der Waals surface area contributed by atoms with Crippen molar-refractivity contribution in [3.05, 3.63) is 0 Å². The van der Waals surface area contributed by atoms with Gasteiger partial charge in [0.15, 0.2) is 12.6 Å². The molecular formula is C8H16O6. The number of ether oxygens (including phenoxy) is 2. The predicted molar refractivity (Wildman–Crippen MR) is 45.1 cm³/mol. The van der Waals surface area contributed by atoms with Crippen LogP contribution in [0.3, 0.4) is 0 Å². The first kappa shape index (κ1) is 11.8. The molecule has 0 aromatic rings. The van der Waals surface area contributed by atoms with Crippen LogP contribution in [0.1, 0.15) is 13.8 Å². The highest BCUT2D eigenvalue weighted by atomic mass is 16.7. The molecule has 1 aliphatic rings. The van der Waals surface area contributed by atoms with Gasteiger partial charge in [-0.05, 0) is 13.8 Å². The zero-order valence-electron chi connectivity index (χ0n) is 8.07.